The van der Waals surface area contributed by atoms with E-state index in [2.05, 4.69) is 196 Å². The maximum Gasteiger partial charge on any atom is 0.164 e. The Morgan fingerprint density at radius 2 is 0.889 bits per heavy atom. The van der Waals surface area contributed by atoms with Gasteiger partial charge < -0.3 is 4.57 Å². The molecule has 4 heteroatoms. The van der Waals surface area contributed by atoms with Crippen LogP contribution < -0.4 is 0 Å². The lowest BCUT2D eigenvalue weighted by atomic mass is 9.62. The molecule has 0 aliphatic heterocycles. The summed E-state index contributed by atoms with van der Waals surface area (Å²) < 4.78 is 2.50. The summed E-state index contributed by atoms with van der Waals surface area (Å²) in [5.74, 6) is 1.94. The summed E-state index contributed by atoms with van der Waals surface area (Å²) in [4.78, 5) is 15.2. The second-order valence-corrected chi connectivity index (χ2v) is 18.8. The van der Waals surface area contributed by atoms with Gasteiger partial charge in [-0.2, -0.15) is 0 Å². The van der Waals surface area contributed by atoms with Crippen LogP contribution in [0, 0.1) is 0 Å². The molecule has 2 aromatic heterocycles. The van der Waals surface area contributed by atoms with Crippen molar-refractivity contribution in [1.29, 1.82) is 0 Å². The summed E-state index contributed by atoms with van der Waals surface area (Å²) in [5, 5.41) is 10.00. The van der Waals surface area contributed by atoms with Crippen LogP contribution in [0.15, 0.2) is 182 Å². The molecule has 0 radical (unpaired) electrons. The number of fused-ring (bicyclic) bond motifs is 8. The van der Waals surface area contributed by atoms with Gasteiger partial charge in [0, 0.05) is 33.2 Å². The smallest absolute Gasteiger partial charge is 0.164 e. The number of nitrogens with zero attached hydrogens (tertiary/aromatic N) is 4. The van der Waals surface area contributed by atoms with E-state index in [1.807, 2.05) is 18.2 Å². The van der Waals surface area contributed by atoms with Crippen LogP contribution in [0.4, 0.5) is 0 Å². The summed E-state index contributed by atoms with van der Waals surface area (Å²) in [6.07, 6.45) is 2.35. The van der Waals surface area contributed by atoms with Crippen LogP contribution in [-0.2, 0) is 10.8 Å². The van der Waals surface area contributed by atoms with Gasteiger partial charge in [-0.25, -0.2) is 15.0 Å². The lowest BCUT2D eigenvalue weighted by molar-refractivity contribution is 0.334. The third kappa shape index (κ3) is 6.23. The number of hydrogen-bond donors (Lipinski definition) is 0. The third-order valence-electron chi connectivity index (χ3n) is 13.8. The van der Waals surface area contributed by atoms with Gasteiger partial charge in [-0.3, -0.25) is 0 Å². The summed E-state index contributed by atoms with van der Waals surface area (Å²) >= 11 is 0. The van der Waals surface area contributed by atoms with Crippen molar-refractivity contribution in [3.63, 3.8) is 0 Å². The molecule has 302 valence electrons. The zero-order valence-electron chi connectivity index (χ0n) is 36.0. The number of aromatic nitrogens is 4. The van der Waals surface area contributed by atoms with Crippen LogP contribution in [0.3, 0.4) is 0 Å². The zero-order valence-corrected chi connectivity index (χ0v) is 36.0. The fraction of sp³-hybridized carbons (Fsp3) is 0.136. The van der Waals surface area contributed by atoms with E-state index in [0.717, 1.165) is 38.7 Å². The molecule has 1 aliphatic rings. The van der Waals surface area contributed by atoms with Gasteiger partial charge in [0.25, 0.3) is 0 Å². The maximum atomic E-state index is 5.13. The average molecular weight is 811 g/mol. The first kappa shape index (κ1) is 37.3. The number of rotatable bonds is 5. The van der Waals surface area contributed by atoms with Gasteiger partial charge in [-0.1, -0.05) is 167 Å². The highest BCUT2D eigenvalue weighted by atomic mass is 15.0. The Bertz CT molecular complexity index is 3610. The maximum absolute atomic E-state index is 5.13. The Morgan fingerprint density at radius 1 is 0.381 bits per heavy atom. The first-order valence-electron chi connectivity index (χ1n) is 22.1. The second kappa shape index (κ2) is 14.1. The van der Waals surface area contributed by atoms with E-state index in [0.29, 0.717) is 17.5 Å². The van der Waals surface area contributed by atoms with E-state index in [9.17, 15) is 0 Å². The minimum Gasteiger partial charge on any atom is -0.309 e. The molecule has 0 fully saturated rings. The van der Waals surface area contributed by atoms with E-state index < -0.39 is 0 Å². The van der Waals surface area contributed by atoms with Gasteiger partial charge in [0.15, 0.2) is 17.5 Å². The number of hydrogen-bond acceptors (Lipinski definition) is 3. The van der Waals surface area contributed by atoms with Crippen LogP contribution in [-0.4, -0.2) is 19.5 Å². The van der Waals surface area contributed by atoms with E-state index >= 15 is 0 Å². The SMILES string of the molecule is CC1(C)CCC(C)(C)c2c1ccc1c2c2cc3ccccc3cc2n1-c1ccc2cc(-c3nc(-c4ccccc4)nc(-c4ccc(-c5ccc6ccccc6c5)cc4)n3)ccc2c1. The molecule has 63 heavy (non-hydrogen) atoms. The number of benzene rings is 9. The van der Waals surface area contributed by atoms with Gasteiger partial charge in [0.1, 0.15) is 0 Å². The zero-order chi connectivity index (χ0) is 42.5. The molecule has 12 rings (SSSR count). The van der Waals surface area contributed by atoms with Gasteiger partial charge in [0.05, 0.1) is 11.0 Å². The van der Waals surface area contributed by atoms with Crippen LogP contribution in [0.1, 0.15) is 51.7 Å². The first-order valence-corrected chi connectivity index (χ1v) is 22.1. The fourth-order valence-electron chi connectivity index (χ4n) is 10.3. The van der Waals surface area contributed by atoms with Gasteiger partial charge in [-0.05, 0) is 121 Å². The van der Waals surface area contributed by atoms with Crippen LogP contribution >= 0.6 is 0 Å². The molecule has 1 aliphatic carbocycles. The van der Waals surface area contributed by atoms with E-state index in [4.69, 9.17) is 15.0 Å². The van der Waals surface area contributed by atoms with Crippen LogP contribution in [0.5, 0.6) is 0 Å². The highest BCUT2D eigenvalue weighted by Crippen LogP contribution is 2.51. The first-order chi connectivity index (χ1) is 30.7. The molecule has 0 saturated carbocycles. The largest absolute Gasteiger partial charge is 0.309 e. The lowest BCUT2D eigenvalue weighted by Crippen LogP contribution is -2.34. The predicted molar refractivity (Wildman–Crippen MR) is 264 cm³/mol. The van der Waals surface area contributed by atoms with Crippen molar-refractivity contribution in [2.24, 2.45) is 0 Å². The molecule has 0 amide bonds. The van der Waals surface area contributed by atoms with E-state index in [-0.39, 0.29) is 10.8 Å². The minimum absolute atomic E-state index is 0.0610. The van der Waals surface area contributed by atoms with Crippen molar-refractivity contribution >= 4 is 54.1 Å². The van der Waals surface area contributed by atoms with Gasteiger partial charge in [0.2, 0.25) is 0 Å². The van der Waals surface area contributed by atoms with Crippen LogP contribution in [0.25, 0.3) is 105 Å². The Kier molecular flexibility index (Phi) is 8.33. The topological polar surface area (TPSA) is 43.6 Å². The Labute approximate surface area is 367 Å². The molecule has 0 saturated heterocycles. The fourth-order valence-corrected chi connectivity index (χ4v) is 10.3. The summed E-state index contributed by atoms with van der Waals surface area (Å²) in [5.41, 5.74) is 12.0. The van der Waals surface area contributed by atoms with Crippen molar-refractivity contribution in [2.75, 3.05) is 0 Å². The van der Waals surface area contributed by atoms with E-state index in [1.54, 1.807) is 0 Å². The van der Waals surface area contributed by atoms with Crippen molar-refractivity contribution in [2.45, 2.75) is 51.4 Å². The molecule has 9 aromatic carbocycles. The Morgan fingerprint density at radius 3 is 1.63 bits per heavy atom. The van der Waals surface area contributed by atoms with Crippen molar-refractivity contribution in [3.05, 3.63) is 193 Å². The Hall–Kier alpha value is -7.43. The van der Waals surface area contributed by atoms with Crippen molar-refractivity contribution in [1.82, 2.24) is 19.5 Å². The molecular formula is C59H46N4. The average Bonchev–Trinajstić information content (AvgIpc) is 3.64. The quantitative estimate of drug-likeness (QED) is 0.174. The second-order valence-electron chi connectivity index (χ2n) is 18.8. The molecule has 2 heterocycles. The van der Waals surface area contributed by atoms with Crippen molar-refractivity contribution in [3.8, 4) is 51.0 Å². The Balaban J connectivity index is 0.972. The highest BCUT2D eigenvalue weighted by Gasteiger charge is 2.39. The van der Waals surface area contributed by atoms with E-state index in [1.165, 1.54) is 72.9 Å². The molecule has 0 N–H and O–H groups in total. The normalized spacial score (nSPS) is 14.5. The molecule has 0 atom stereocenters. The molecule has 0 unspecified atom stereocenters. The monoisotopic (exact) mass is 810 g/mol. The molecular weight excluding hydrogens is 765 g/mol. The van der Waals surface area contributed by atoms with Crippen LogP contribution in [0.2, 0.25) is 0 Å². The minimum atomic E-state index is 0.0610. The highest BCUT2D eigenvalue weighted by molar-refractivity contribution is 6.16. The van der Waals surface area contributed by atoms with Gasteiger partial charge >= 0.3 is 0 Å². The molecule has 4 nitrogen and oxygen atoms in total. The molecule has 0 bridgehead atoms. The van der Waals surface area contributed by atoms with Crippen molar-refractivity contribution < 1.29 is 0 Å². The summed E-state index contributed by atoms with van der Waals surface area (Å²) in [6.45, 7) is 9.73. The van der Waals surface area contributed by atoms with Gasteiger partial charge in [-0.15, -0.1) is 0 Å². The molecule has 11 aromatic rings. The summed E-state index contributed by atoms with van der Waals surface area (Å²) in [7, 11) is 0. The molecule has 0 spiro atoms. The third-order valence-corrected chi connectivity index (χ3v) is 13.8. The predicted octanol–water partition coefficient (Wildman–Crippen LogP) is 15.4. The lowest BCUT2D eigenvalue weighted by Gasteiger charge is -2.42. The standard InChI is InChI=1S/C59H46N4/c1-58(2)30-31-59(3,4)54-50(58)28-29-51-53(54)49-35-42-16-10-11-17-43(42)36-52(49)63(51)48-27-26-45-33-47(25-24-46(45)34-48)57-61-55(39-13-6-5-7-14-39)60-56(62-57)40-21-18-38(19-22-40)44-23-20-37-12-8-9-15-41(37)32-44/h5-29,32-36H,30-31H2,1-4H3. The summed E-state index contributed by atoms with van der Waals surface area (Å²) in [6, 6.07) is 65.7.